The van der Waals surface area contributed by atoms with Crippen molar-refractivity contribution in [2.75, 3.05) is 0 Å². The van der Waals surface area contributed by atoms with E-state index < -0.39 is 11.9 Å². The number of benzene rings is 2. The molecule has 96 valence electrons. The Kier molecular flexibility index (Phi) is 3.93. The van der Waals surface area contributed by atoms with E-state index in [-0.39, 0.29) is 6.61 Å². The zero-order valence-corrected chi connectivity index (χ0v) is 10.2. The van der Waals surface area contributed by atoms with Crippen LogP contribution in [-0.4, -0.2) is 11.9 Å². The predicted molar refractivity (Wildman–Crippen MR) is 70.5 cm³/mol. The molecule has 0 saturated carbocycles. The van der Waals surface area contributed by atoms with Crippen molar-refractivity contribution in [3.05, 3.63) is 71.3 Å². The van der Waals surface area contributed by atoms with Gasteiger partial charge in [-0.25, -0.2) is 4.79 Å². The predicted octanol–water partition coefficient (Wildman–Crippen LogP) is 2.14. The van der Waals surface area contributed by atoms with Crippen LogP contribution in [0.15, 0.2) is 54.6 Å². The molecule has 0 aliphatic rings. The molecule has 1 amide bonds. The largest absolute Gasteiger partial charge is 0.457 e. The molecule has 0 aromatic heterocycles. The quantitative estimate of drug-likeness (QED) is 0.851. The molecule has 2 aromatic carbocycles. The molecule has 0 aliphatic heterocycles. The highest BCUT2D eigenvalue weighted by Crippen LogP contribution is 2.11. The molecule has 2 aromatic rings. The van der Waals surface area contributed by atoms with E-state index in [2.05, 4.69) is 0 Å². The van der Waals surface area contributed by atoms with Crippen molar-refractivity contribution in [3.63, 3.8) is 0 Å². The monoisotopic (exact) mass is 255 g/mol. The van der Waals surface area contributed by atoms with Gasteiger partial charge in [-0.05, 0) is 18.2 Å². The minimum absolute atomic E-state index is 0.0207. The third-order valence-corrected chi connectivity index (χ3v) is 2.65. The first-order chi connectivity index (χ1) is 9.18. The Labute approximate surface area is 110 Å². The number of amides is 1. The Morgan fingerprint density at radius 3 is 2.26 bits per heavy atom. The molecule has 0 unspecified atom stereocenters. The normalized spacial score (nSPS) is 9.89. The number of carbonyl (C=O) groups excluding carboxylic acids is 2. The number of carbonyl (C=O) groups is 2. The van der Waals surface area contributed by atoms with Crippen LogP contribution in [0.25, 0.3) is 0 Å². The van der Waals surface area contributed by atoms with Gasteiger partial charge < -0.3 is 10.5 Å². The van der Waals surface area contributed by atoms with Crippen molar-refractivity contribution in [1.29, 1.82) is 0 Å². The summed E-state index contributed by atoms with van der Waals surface area (Å²) in [6, 6.07) is 15.5. The second kappa shape index (κ2) is 5.82. The van der Waals surface area contributed by atoms with Gasteiger partial charge in [0.25, 0.3) is 0 Å². The molecule has 0 spiro atoms. The van der Waals surface area contributed by atoms with E-state index in [4.69, 9.17) is 10.5 Å². The lowest BCUT2D eigenvalue weighted by Gasteiger charge is -2.07. The average molecular weight is 255 g/mol. The Hall–Kier alpha value is -2.62. The van der Waals surface area contributed by atoms with Crippen LogP contribution in [0.2, 0.25) is 0 Å². The van der Waals surface area contributed by atoms with Gasteiger partial charge in [0.15, 0.2) is 0 Å². The molecule has 0 atom stereocenters. The van der Waals surface area contributed by atoms with E-state index in [1.54, 1.807) is 48.5 Å². The molecule has 2 N–H and O–H groups in total. The molecule has 0 saturated heterocycles. The molecule has 4 nitrogen and oxygen atoms in total. The van der Waals surface area contributed by atoms with Crippen molar-refractivity contribution < 1.29 is 14.3 Å². The number of hydrogen-bond acceptors (Lipinski definition) is 3. The van der Waals surface area contributed by atoms with Gasteiger partial charge in [0, 0.05) is 11.1 Å². The van der Waals surface area contributed by atoms with Crippen LogP contribution in [0.4, 0.5) is 0 Å². The summed E-state index contributed by atoms with van der Waals surface area (Å²) in [5, 5.41) is 0. The van der Waals surface area contributed by atoms with Gasteiger partial charge in [0.05, 0.1) is 5.56 Å². The van der Waals surface area contributed by atoms with E-state index in [0.717, 1.165) is 0 Å². The highest BCUT2D eigenvalue weighted by Gasteiger charge is 2.10. The first-order valence-corrected chi connectivity index (χ1v) is 5.78. The summed E-state index contributed by atoms with van der Waals surface area (Å²) in [6.45, 7) is 0.0207. The number of ether oxygens (including phenoxy) is 1. The van der Waals surface area contributed by atoms with Gasteiger partial charge in [0.2, 0.25) is 5.91 Å². The van der Waals surface area contributed by atoms with Gasteiger partial charge in [-0.15, -0.1) is 0 Å². The Balaban J connectivity index is 2.07. The summed E-state index contributed by atoms with van der Waals surface area (Å²) in [7, 11) is 0. The maximum Gasteiger partial charge on any atom is 0.338 e. The molecule has 0 radical (unpaired) electrons. The second-order valence-corrected chi connectivity index (χ2v) is 3.96. The number of rotatable bonds is 4. The molecule has 0 fully saturated rings. The molecule has 0 aliphatic carbocycles. The van der Waals surface area contributed by atoms with Gasteiger partial charge in [-0.1, -0.05) is 36.4 Å². The van der Waals surface area contributed by atoms with Crippen molar-refractivity contribution in [3.8, 4) is 0 Å². The maximum absolute atomic E-state index is 11.8. The van der Waals surface area contributed by atoms with E-state index in [1.807, 2.05) is 6.07 Å². The van der Waals surface area contributed by atoms with Crippen molar-refractivity contribution in [1.82, 2.24) is 0 Å². The number of hydrogen-bond donors (Lipinski definition) is 1. The highest BCUT2D eigenvalue weighted by atomic mass is 16.5. The number of nitrogens with two attached hydrogens (primary N) is 1. The lowest BCUT2D eigenvalue weighted by atomic mass is 10.1. The molecule has 19 heavy (non-hydrogen) atoms. The molecular weight excluding hydrogens is 242 g/mol. The maximum atomic E-state index is 11.8. The summed E-state index contributed by atoms with van der Waals surface area (Å²) in [5.74, 6) is -0.966. The van der Waals surface area contributed by atoms with E-state index in [0.29, 0.717) is 16.7 Å². The smallest absolute Gasteiger partial charge is 0.338 e. The molecule has 0 heterocycles. The summed E-state index contributed by atoms with van der Waals surface area (Å²) in [6.07, 6.45) is 0. The van der Waals surface area contributed by atoms with E-state index in [1.165, 1.54) is 0 Å². The number of esters is 1. The standard InChI is InChI=1S/C15H13NO3/c16-14(17)13-9-5-4-8-12(13)10-19-15(18)11-6-2-1-3-7-11/h1-9H,10H2,(H2,16,17). The van der Waals surface area contributed by atoms with Crippen LogP contribution >= 0.6 is 0 Å². The lowest BCUT2D eigenvalue weighted by molar-refractivity contribution is 0.0470. The summed E-state index contributed by atoms with van der Waals surface area (Å²) in [4.78, 5) is 23.0. The SMILES string of the molecule is NC(=O)c1ccccc1COC(=O)c1ccccc1. The molecule has 0 bridgehead atoms. The Bertz CT molecular complexity index is 593. The fourth-order valence-corrected chi connectivity index (χ4v) is 1.69. The first kappa shape index (κ1) is 12.8. The van der Waals surface area contributed by atoms with Crippen molar-refractivity contribution in [2.24, 2.45) is 5.73 Å². The molecular formula is C15H13NO3. The minimum Gasteiger partial charge on any atom is -0.457 e. The fourth-order valence-electron chi connectivity index (χ4n) is 1.69. The van der Waals surface area contributed by atoms with Gasteiger partial charge in [-0.3, -0.25) is 4.79 Å². The van der Waals surface area contributed by atoms with Gasteiger partial charge >= 0.3 is 5.97 Å². The minimum atomic E-state index is -0.536. The van der Waals surface area contributed by atoms with Gasteiger partial charge in [-0.2, -0.15) is 0 Å². The zero-order chi connectivity index (χ0) is 13.7. The van der Waals surface area contributed by atoms with Gasteiger partial charge in [0.1, 0.15) is 6.61 Å². The topological polar surface area (TPSA) is 69.4 Å². The zero-order valence-electron chi connectivity index (χ0n) is 10.2. The van der Waals surface area contributed by atoms with E-state index in [9.17, 15) is 9.59 Å². The summed E-state index contributed by atoms with van der Waals surface area (Å²) >= 11 is 0. The van der Waals surface area contributed by atoms with Crippen LogP contribution < -0.4 is 5.73 Å². The van der Waals surface area contributed by atoms with Crippen LogP contribution in [-0.2, 0) is 11.3 Å². The number of primary amides is 1. The van der Waals surface area contributed by atoms with Crippen molar-refractivity contribution in [2.45, 2.75) is 6.61 Å². The second-order valence-electron chi connectivity index (χ2n) is 3.96. The van der Waals surface area contributed by atoms with Crippen LogP contribution in [0.3, 0.4) is 0 Å². The Morgan fingerprint density at radius 2 is 1.58 bits per heavy atom. The third-order valence-electron chi connectivity index (χ3n) is 2.65. The van der Waals surface area contributed by atoms with Crippen LogP contribution in [0, 0.1) is 0 Å². The third kappa shape index (κ3) is 3.19. The summed E-state index contributed by atoms with van der Waals surface area (Å²) < 4.78 is 5.16. The lowest BCUT2D eigenvalue weighted by Crippen LogP contribution is -2.15. The average Bonchev–Trinajstić information content (AvgIpc) is 2.46. The van der Waals surface area contributed by atoms with Crippen LogP contribution in [0.5, 0.6) is 0 Å². The molecule has 2 rings (SSSR count). The van der Waals surface area contributed by atoms with Crippen molar-refractivity contribution >= 4 is 11.9 Å². The Morgan fingerprint density at radius 1 is 0.947 bits per heavy atom. The van der Waals surface area contributed by atoms with E-state index >= 15 is 0 Å². The fraction of sp³-hybridized carbons (Fsp3) is 0.0667. The summed E-state index contributed by atoms with van der Waals surface area (Å²) in [5.41, 5.74) is 6.68. The first-order valence-electron chi connectivity index (χ1n) is 5.78. The molecule has 4 heteroatoms. The van der Waals surface area contributed by atoms with Crippen LogP contribution in [0.1, 0.15) is 26.3 Å². The highest BCUT2D eigenvalue weighted by molar-refractivity contribution is 5.94.